The molecular formula is C18H27N5O3S. The van der Waals surface area contributed by atoms with Crippen molar-refractivity contribution in [2.24, 2.45) is 5.92 Å². The molecule has 2 fully saturated rings. The lowest BCUT2D eigenvalue weighted by Gasteiger charge is -2.37. The molecule has 0 radical (unpaired) electrons. The second-order valence-corrected chi connectivity index (χ2v) is 9.42. The number of piperidine rings is 2. The van der Waals surface area contributed by atoms with Crippen LogP contribution < -0.4 is 0 Å². The Morgan fingerprint density at radius 1 is 1.11 bits per heavy atom. The van der Waals surface area contributed by atoms with Gasteiger partial charge in [-0.15, -0.1) is 10.2 Å². The number of nitrogens with zero attached hydrogens (tertiary/aromatic N) is 5. The third-order valence-corrected chi connectivity index (χ3v) is 7.70. The summed E-state index contributed by atoms with van der Waals surface area (Å²) >= 11 is 0. The largest absolute Gasteiger partial charge is 0.384 e. The summed E-state index contributed by atoms with van der Waals surface area (Å²) in [5, 5.41) is 8.57. The first-order valence-electron chi connectivity index (χ1n) is 9.63. The van der Waals surface area contributed by atoms with Crippen molar-refractivity contribution in [2.75, 3.05) is 39.9 Å². The van der Waals surface area contributed by atoms with Gasteiger partial charge in [-0.25, -0.2) is 0 Å². The van der Waals surface area contributed by atoms with Gasteiger partial charge in [-0.1, -0.05) is 6.07 Å². The van der Waals surface area contributed by atoms with E-state index in [9.17, 15) is 8.42 Å². The molecule has 0 aliphatic carbocycles. The van der Waals surface area contributed by atoms with Crippen LogP contribution in [-0.4, -0.2) is 71.5 Å². The van der Waals surface area contributed by atoms with Crippen molar-refractivity contribution >= 4 is 15.9 Å². The zero-order valence-corrected chi connectivity index (χ0v) is 16.5. The van der Waals surface area contributed by atoms with Crippen LogP contribution in [0.4, 0.5) is 0 Å². The highest BCUT2D eigenvalue weighted by Crippen LogP contribution is 2.30. The minimum atomic E-state index is -3.40. The highest BCUT2D eigenvalue weighted by Gasteiger charge is 2.36. The van der Waals surface area contributed by atoms with Gasteiger partial charge in [0.1, 0.15) is 5.82 Å². The van der Waals surface area contributed by atoms with E-state index in [4.69, 9.17) is 4.74 Å². The molecule has 0 saturated carbocycles. The van der Waals surface area contributed by atoms with E-state index in [0.29, 0.717) is 38.7 Å². The Hall–Kier alpha value is -1.55. The average molecular weight is 394 g/mol. The first-order valence-corrected chi connectivity index (χ1v) is 11.0. The summed E-state index contributed by atoms with van der Waals surface area (Å²) in [6.07, 6.45) is 5.43. The van der Waals surface area contributed by atoms with Crippen LogP contribution in [0.25, 0.3) is 5.65 Å². The molecule has 0 N–H and O–H groups in total. The lowest BCUT2D eigenvalue weighted by Crippen LogP contribution is -2.50. The van der Waals surface area contributed by atoms with Crippen LogP contribution in [0.5, 0.6) is 0 Å². The van der Waals surface area contributed by atoms with Crippen LogP contribution in [0.1, 0.15) is 37.4 Å². The molecule has 148 valence electrons. The van der Waals surface area contributed by atoms with Crippen LogP contribution in [-0.2, 0) is 14.9 Å². The second kappa shape index (κ2) is 7.83. The molecule has 4 rings (SSSR count). The normalized spacial score (nSPS) is 23.8. The molecule has 8 nitrogen and oxygen atoms in total. The van der Waals surface area contributed by atoms with E-state index in [2.05, 4.69) is 10.2 Å². The molecule has 9 heteroatoms. The number of methoxy groups -OCH3 is 1. The molecule has 2 saturated heterocycles. The van der Waals surface area contributed by atoms with Gasteiger partial charge in [-0.3, -0.25) is 4.40 Å². The quantitative estimate of drug-likeness (QED) is 0.769. The number of pyridine rings is 1. The maximum atomic E-state index is 13.1. The lowest BCUT2D eigenvalue weighted by atomic mass is 9.97. The molecule has 2 aliphatic rings. The van der Waals surface area contributed by atoms with Crippen molar-refractivity contribution in [3.63, 3.8) is 0 Å². The molecular weight excluding hydrogens is 366 g/mol. The van der Waals surface area contributed by atoms with Gasteiger partial charge < -0.3 is 4.74 Å². The predicted octanol–water partition coefficient (Wildman–Crippen LogP) is 1.51. The Bertz CT molecular complexity index is 874. The molecule has 2 aliphatic heterocycles. The SMILES string of the molecule is COCC1CCCN(S(=O)(=O)N2CCC(c3nnc4ccccn34)CC2)C1. The number of fused-ring (bicyclic) bond motifs is 1. The van der Waals surface area contributed by atoms with E-state index in [1.165, 1.54) is 0 Å². The standard InChI is InChI=1S/C18H27N5O3S/c1-26-14-15-5-4-9-22(13-15)27(24,25)21-11-7-16(8-12-21)18-20-19-17-6-2-3-10-23(17)18/h2-3,6,10,15-16H,4-5,7-9,11-14H2,1H3. The zero-order valence-electron chi connectivity index (χ0n) is 15.7. The topological polar surface area (TPSA) is 80.0 Å². The molecule has 0 spiro atoms. The third-order valence-electron chi connectivity index (χ3n) is 5.70. The molecule has 27 heavy (non-hydrogen) atoms. The van der Waals surface area contributed by atoms with Gasteiger partial charge in [0.25, 0.3) is 10.2 Å². The summed E-state index contributed by atoms with van der Waals surface area (Å²) in [7, 11) is -1.73. The molecule has 0 bridgehead atoms. The number of hydrogen-bond acceptors (Lipinski definition) is 5. The predicted molar refractivity (Wildman–Crippen MR) is 102 cm³/mol. The Morgan fingerprint density at radius 2 is 1.93 bits per heavy atom. The van der Waals surface area contributed by atoms with E-state index in [-0.39, 0.29) is 5.92 Å². The van der Waals surface area contributed by atoms with E-state index < -0.39 is 10.2 Å². The molecule has 1 atom stereocenters. The fourth-order valence-electron chi connectivity index (χ4n) is 4.25. The zero-order chi connectivity index (χ0) is 18.9. The summed E-state index contributed by atoms with van der Waals surface area (Å²) in [5.41, 5.74) is 0.833. The number of aromatic nitrogens is 3. The van der Waals surface area contributed by atoms with E-state index in [1.54, 1.807) is 15.7 Å². The van der Waals surface area contributed by atoms with Crippen molar-refractivity contribution < 1.29 is 13.2 Å². The minimum Gasteiger partial charge on any atom is -0.384 e. The molecule has 4 heterocycles. The molecule has 0 amide bonds. The summed E-state index contributed by atoms with van der Waals surface area (Å²) in [5.74, 6) is 1.45. The van der Waals surface area contributed by atoms with Gasteiger partial charge in [-0.2, -0.15) is 17.0 Å². The van der Waals surface area contributed by atoms with Gasteiger partial charge in [-0.05, 0) is 43.7 Å². The highest BCUT2D eigenvalue weighted by atomic mass is 32.2. The monoisotopic (exact) mass is 393 g/mol. The van der Waals surface area contributed by atoms with Crippen molar-refractivity contribution in [3.8, 4) is 0 Å². The smallest absolute Gasteiger partial charge is 0.281 e. The summed E-state index contributed by atoms with van der Waals surface area (Å²) in [6, 6.07) is 5.84. The van der Waals surface area contributed by atoms with Crippen LogP contribution in [0.2, 0.25) is 0 Å². The maximum absolute atomic E-state index is 13.1. The fourth-order valence-corrected chi connectivity index (χ4v) is 6.01. The molecule has 1 unspecified atom stereocenters. The minimum absolute atomic E-state index is 0.233. The van der Waals surface area contributed by atoms with E-state index in [0.717, 1.165) is 37.2 Å². The first-order chi connectivity index (χ1) is 13.1. The third kappa shape index (κ3) is 3.73. The molecule has 2 aromatic rings. The highest BCUT2D eigenvalue weighted by molar-refractivity contribution is 7.86. The molecule has 2 aromatic heterocycles. The Morgan fingerprint density at radius 3 is 2.70 bits per heavy atom. The number of hydrogen-bond donors (Lipinski definition) is 0. The maximum Gasteiger partial charge on any atom is 0.281 e. The van der Waals surface area contributed by atoms with Gasteiger partial charge in [0.2, 0.25) is 0 Å². The summed E-state index contributed by atoms with van der Waals surface area (Å²) < 4.78 is 36.7. The van der Waals surface area contributed by atoms with Gasteiger partial charge in [0.05, 0.1) is 6.61 Å². The summed E-state index contributed by atoms with van der Waals surface area (Å²) in [6.45, 7) is 2.84. The lowest BCUT2D eigenvalue weighted by molar-refractivity contribution is 0.115. The van der Waals surface area contributed by atoms with Crippen LogP contribution in [0.3, 0.4) is 0 Å². The van der Waals surface area contributed by atoms with Crippen LogP contribution >= 0.6 is 0 Å². The molecule has 0 aromatic carbocycles. The van der Waals surface area contributed by atoms with E-state index in [1.807, 2.05) is 28.8 Å². The first kappa shape index (κ1) is 18.8. The Kier molecular flexibility index (Phi) is 5.45. The van der Waals surface area contributed by atoms with Crippen molar-refractivity contribution in [1.29, 1.82) is 0 Å². The van der Waals surface area contributed by atoms with Crippen molar-refractivity contribution in [3.05, 3.63) is 30.2 Å². The van der Waals surface area contributed by atoms with Gasteiger partial charge >= 0.3 is 0 Å². The summed E-state index contributed by atoms with van der Waals surface area (Å²) in [4.78, 5) is 0. The Balaban J connectivity index is 1.42. The van der Waals surface area contributed by atoms with Crippen molar-refractivity contribution in [2.45, 2.75) is 31.6 Å². The fraction of sp³-hybridized carbons (Fsp3) is 0.667. The van der Waals surface area contributed by atoms with Crippen LogP contribution in [0.15, 0.2) is 24.4 Å². The number of ether oxygens (including phenoxy) is 1. The van der Waals surface area contributed by atoms with Crippen molar-refractivity contribution in [1.82, 2.24) is 23.2 Å². The van der Waals surface area contributed by atoms with E-state index >= 15 is 0 Å². The Labute approximate surface area is 160 Å². The average Bonchev–Trinajstić information content (AvgIpc) is 3.13. The van der Waals surface area contributed by atoms with Crippen LogP contribution in [0, 0.1) is 5.92 Å². The van der Waals surface area contributed by atoms with Gasteiger partial charge in [0.15, 0.2) is 5.65 Å². The van der Waals surface area contributed by atoms with Gasteiger partial charge in [0, 0.05) is 45.4 Å². The second-order valence-electron chi connectivity index (χ2n) is 7.49. The number of rotatable bonds is 5.